The zero-order chi connectivity index (χ0) is 8.74. The quantitative estimate of drug-likeness (QED) is 0.555. The number of rotatable bonds is 6. The second-order valence-electron chi connectivity index (χ2n) is 2.16. The Labute approximate surface area is 85.1 Å². The minimum atomic E-state index is -2.12. The van der Waals surface area contributed by atoms with Crippen molar-refractivity contribution < 1.29 is 8.85 Å². The molecule has 0 aromatic carbocycles. The summed E-state index contributed by atoms with van der Waals surface area (Å²) in [6.45, 7) is 5.63. The molecule has 0 unspecified atom stereocenters. The van der Waals surface area contributed by atoms with Crippen molar-refractivity contribution in [3.05, 3.63) is 0 Å². The standard InChI is InChI=1S/C6H14Br2O2Si/c1-3-5-9-11(7,8)10-6-4-2/h3-6H2,1-2H3. The van der Waals surface area contributed by atoms with E-state index < -0.39 is 5.80 Å². The molecule has 0 radical (unpaired) electrons. The summed E-state index contributed by atoms with van der Waals surface area (Å²) in [4.78, 5) is 0. The molecule has 0 atom stereocenters. The van der Waals surface area contributed by atoms with Crippen molar-refractivity contribution in [2.45, 2.75) is 26.7 Å². The Hall–Kier alpha value is 1.10. The maximum Gasteiger partial charge on any atom is 0.490 e. The minimum absolute atomic E-state index is 0.742. The van der Waals surface area contributed by atoms with E-state index in [0.717, 1.165) is 26.1 Å². The second-order valence-corrected chi connectivity index (χ2v) is 13.1. The Balaban J connectivity index is 3.43. The van der Waals surface area contributed by atoms with Gasteiger partial charge in [0.15, 0.2) is 0 Å². The number of hydrogen-bond donors (Lipinski definition) is 0. The Morgan fingerprint density at radius 3 is 1.64 bits per heavy atom. The SMILES string of the molecule is CCCO[Si](Br)(Br)OCCC. The third-order valence-electron chi connectivity index (χ3n) is 0.948. The molecule has 0 amide bonds. The maximum atomic E-state index is 5.43. The van der Waals surface area contributed by atoms with Crippen molar-refractivity contribution in [1.82, 2.24) is 0 Å². The normalized spacial score (nSPS) is 12.0. The predicted molar refractivity (Wildman–Crippen MR) is 56.1 cm³/mol. The van der Waals surface area contributed by atoms with Gasteiger partial charge in [0.05, 0.1) is 0 Å². The fourth-order valence-corrected chi connectivity index (χ4v) is 3.39. The third-order valence-corrected chi connectivity index (χ3v) is 4.78. The molecule has 0 aromatic heterocycles. The summed E-state index contributed by atoms with van der Waals surface area (Å²) < 4.78 is 10.9. The fraction of sp³-hybridized carbons (Fsp3) is 1.00. The van der Waals surface area contributed by atoms with Crippen molar-refractivity contribution in [1.29, 1.82) is 0 Å². The molecule has 0 aliphatic carbocycles. The minimum Gasteiger partial charge on any atom is -0.378 e. The van der Waals surface area contributed by atoms with Crippen molar-refractivity contribution in [3.63, 3.8) is 0 Å². The van der Waals surface area contributed by atoms with Gasteiger partial charge in [-0.15, -0.1) is 0 Å². The lowest BCUT2D eigenvalue weighted by Gasteiger charge is -2.17. The molecule has 0 spiro atoms. The number of halogens is 2. The molecular weight excluding hydrogens is 292 g/mol. The summed E-state index contributed by atoms with van der Waals surface area (Å²) in [5.41, 5.74) is 0. The molecule has 0 N–H and O–H groups in total. The first kappa shape index (κ1) is 12.1. The second kappa shape index (κ2) is 6.60. The molecule has 0 aromatic rings. The molecule has 0 aliphatic heterocycles. The van der Waals surface area contributed by atoms with E-state index in [1.807, 2.05) is 0 Å². The summed E-state index contributed by atoms with van der Waals surface area (Å²) in [5, 5.41) is 0. The van der Waals surface area contributed by atoms with Crippen molar-refractivity contribution in [3.8, 4) is 0 Å². The molecule has 0 rings (SSSR count). The Kier molecular flexibility index (Phi) is 7.25. The van der Waals surface area contributed by atoms with Crippen LogP contribution in [-0.4, -0.2) is 19.0 Å². The third kappa shape index (κ3) is 7.46. The van der Waals surface area contributed by atoms with Gasteiger partial charge >= 0.3 is 5.80 Å². The molecule has 0 bridgehead atoms. The zero-order valence-electron chi connectivity index (χ0n) is 6.90. The predicted octanol–water partition coefficient (Wildman–Crippen LogP) is 3.07. The van der Waals surface area contributed by atoms with Crippen LogP contribution in [0, 0.1) is 0 Å². The lowest BCUT2D eigenvalue weighted by Crippen LogP contribution is -2.28. The maximum absolute atomic E-state index is 5.43. The van der Waals surface area contributed by atoms with Crippen LogP contribution in [0.1, 0.15) is 26.7 Å². The lowest BCUT2D eigenvalue weighted by molar-refractivity contribution is 0.211. The highest BCUT2D eigenvalue weighted by Crippen LogP contribution is 2.23. The van der Waals surface area contributed by atoms with Crippen LogP contribution in [-0.2, 0) is 8.85 Å². The van der Waals surface area contributed by atoms with Gasteiger partial charge in [-0.25, -0.2) is 0 Å². The van der Waals surface area contributed by atoms with Gasteiger partial charge in [0.2, 0.25) is 0 Å². The summed E-state index contributed by atoms with van der Waals surface area (Å²) in [6, 6.07) is 0. The molecule has 0 heterocycles. The summed E-state index contributed by atoms with van der Waals surface area (Å²) >= 11 is 6.79. The average Bonchev–Trinajstić information content (AvgIpc) is 1.97. The number of hydrogen-bond acceptors (Lipinski definition) is 2. The zero-order valence-corrected chi connectivity index (χ0v) is 11.1. The van der Waals surface area contributed by atoms with Crippen LogP contribution in [0.4, 0.5) is 0 Å². The molecule has 0 fully saturated rings. The van der Waals surface area contributed by atoms with Gasteiger partial charge in [-0.3, -0.25) is 0 Å². The smallest absolute Gasteiger partial charge is 0.378 e. The van der Waals surface area contributed by atoms with Gasteiger partial charge in [-0.2, -0.15) is 0 Å². The Morgan fingerprint density at radius 1 is 1.00 bits per heavy atom. The average molecular weight is 306 g/mol. The van der Waals surface area contributed by atoms with E-state index in [4.69, 9.17) is 8.85 Å². The van der Waals surface area contributed by atoms with Crippen molar-refractivity contribution in [2.24, 2.45) is 0 Å². The first-order valence-electron chi connectivity index (χ1n) is 3.78. The Bertz CT molecular complexity index is 90.6. The first-order chi connectivity index (χ1) is 5.12. The molecule has 0 aliphatic rings. The van der Waals surface area contributed by atoms with Crippen molar-refractivity contribution in [2.75, 3.05) is 13.2 Å². The largest absolute Gasteiger partial charge is 0.490 e. The van der Waals surface area contributed by atoms with E-state index in [1.54, 1.807) is 0 Å². The topological polar surface area (TPSA) is 18.5 Å². The molecule has 0 saturated carbocycles. The van der Waals surface area contributed by atoms with Crippen LogP contribution in [0.25, 0.3) is 0 Å². The Morgan fingerprint density at radius 2 is 1.36 bits per heavy atom. The summed E-state index contributed by atoms with van der Waals surface area (Å²) in [7, 11) is 0. The van der Waals surface area contributed by atoms with Crippen LogP contribution >= 0.6 is 30.6 Å². The van der Waals surface area contributed by atoms with Crippen LogP contribution < -0.4 is 0 Å². The van der Waals surface area contributed by atoms with Gasteiger partial charge in [0.1, 0.15) is 0 Å². The van der Waals surface area contributed by atoms with Gasteiger partial charge in [-0.1, -0.05) is 13.8 Å². The monoisotopic (exact) mass is 304 g/mol. The van der Waals surface area contributed by atoms with E-state index in [9.17, 15) is 0 Å². The highest BCUT2D eigenvalue weighted by molar-refractivity contribution is 9.50. The summed E-state index contributed by atoms with van der Waals surface area (Å²) in [5.74, 6) is -2.12. The lowest BCUT2D eigenvalue weighted by atomic mass is 10.5. The van der Waals surface area contributed by atoms with Crippen LogP contribution in [0.15, 0.2) is 0 Å². The van der Waals surface area contributed by atoms with Crippen LogP contribution in [0.3, 0.4) is 0 Å². The van der Waals surface area contributed by atoms with E-state index in [2.05, 4.69) is 44.4 Å². The van der Waals surface area contributed by atoms with Crippen LogP contribution in [0.2, 0.25) is 0 Å². The molecule has 11 heavy (non-hydrogen) atoms. The highest BCUT2D eigenvalue weighted by Gasteiger charge is 2.30. The van der Waals surface area contributed by atoms with E-state index in [-0.39, 0.29) is 0 Å². The first-order valence-corrected chi connectivity index (χ1v) is 10.1. The molecule has 2 nitrogen and oxygen atoms in total. The van der Waals surface area contributed by atoms with Gasteiger partial charge < -0.3 is 8.85 Å². The van der Waals surface area contributed by atoms with E-state index in [0.29, 0.717) is 0 Å². The van der Waals surface area contributed by atoms with Crippen LogP contribution in [0.5, 0.6) is 0 Å². The molecule has 0 saturated heterocycles. The summed E-state index contributed by atoms with van der Waals surface area (Å²) in [6.07, 6.45) is 2.03. The van der Waals surface area contributed by atoms with E-state index >= 15 is 0 Å². The molecule has 5 heteroatoms. The van der Waals surface area contributed by atoms with Gasteiger partial charge in [0, 0.05) is 13.2 Å². The molecular formula is C6H14Br2O2Si. The fourth-order valence-electron chi connectivity index (χ4n) is 0.483. The highest BCUT2D eigenvalue weighted by atomic mass is 79.9. The van der Waals surface area contributed by atoms with Gasteiger partial charge in [0.25, 0.3) is 0 Å². The van der Waals surface area contributed by atoms with Crippen molar-refractivity contribution >= 4 is 36.4 Å². The molecule has 68 valence electrons. The van der Waals surface area contributed by atoms with E-state index in [1.165, 1.54) is 0 Å². The van der Waals surface area contributed by atoms with Gasteiger partial charge in [-0.05, 0) is 43.4 Å².